The van der Waals surface area contributed by atoms with Crippen molar-refractivity contribution >= 4 is 37.5 Å². The summed E-state index contributed by atoms with van der Waals surface area (Å²) in [5.74, 6) is 0. The Kier molecular flexibility index (Phi) is 3.64. The Balaban J connectivity index is 1.84. The first kappa shape index (κ1) is 12.8. The number of hydrogen-bond acceptors (Lipinski definition) is 3. The van der Waals surface area contributed by atoms with Gasteiger partial charge in [-0.3, -0.25) is 4.98 Å². The molecule has 0 saturated heterocycles. The highest BCUT2D eigenvalue weighted by molar-refractivity contribution is 9.10. The third-order valence-corrected chi connectivity index (χ3v) is 4.44. The molecule has 2 N–H and O–H groups in total. The molecule has 0 bridgehead atoms. The number of benzene rings is 1. The van der Waals surface area contributed by atoms with Gasteiger partial charge in [0, 0.05) is 16.7 Å². The summed E-state index contributed by atoms with van der Waals surface area (Å²) in [6.07, 6.45) is 2.70. The van der Waals surface area contributed by atoms with Crippen LogP contribution in [0.15, 0.2) is 52.4 Å². The Morgan fingerprint density at radius 1 is 1.26 bits per heavy atom. The number of aromatic nitrogens is 1. The van der Waals surface area contributed by atoms with E-state index >= 15 is 0 Å². The van der Waals surface area contributed by atoms with E-state index < -0.39 is 0 Å². The van der Waals surface area contributed by atoms with Crippen molar-refractivity contribution in [2.45, 2.75) is 12.5 Å². The number of hydrogen-bond donors (Lipinski definition) is 1. The fourth-order valence-electron chi connectivity index (χ4n) is 2.10. The molecule has 1 atom stereocenters. The fourth-order valence-corrected chi connectivity index (χ4v) is 3.34. The summed E-state index contributed by atoms with van der Waals surface area (Å²) < 4.78 is 2.28. The molecule has 4 heteroatoms. The summed E-state index contributed by atoms with van der Waals surface area (Å²) in [4.78, 5) is 4.44. The molecule has 0 radical (unpaired) electrons. The Morgan fingerprint density at radius 3 is 3.00 bits per heavy atom. The van der Waals surface area contributed by atoms with E-state index in [1.807, 2.05) is 24.4 Å². The van der Waals surface area contributed by atoms with E-state index in [2.05, 4.69) is 44.5 Å². The molecule has 1 aromatic carbocycles. The average Bonchev–Trinajstić information content (AvgIpc) is 2.85. The van der Waals surface area contributed by atoms with E-state index in [0.717, 1.165) is 22.0 Å². The summed E-state index contributed by atoms with van der Waals surface area (Å²) in [6, 6.07) is 12.4. The molecule has 0 amide bonds. The summed E-state index contributed by atoms with van der Waals surface area (Å²) in [6.45, 7) is 0. The Labute approximate surface area is 124 Å². The Hall–Kier alpha value is -1.23. The number of rotatable bonds is 3. The average molecular weight is 333 g/mol. The van der Waals surface area contributed by atoms with Gasteiger partial charge in [-0.15, -0.1) is 11.3 Å². The number of fused-ring (bicyclic) bond motifs is 1. The molecule has 19 heavy (non-hydrogen) atoms. The van der Waals surface area contributed by atoms with Gasteiger partial charge in [-0.2, -0.15) is 0 Å². The van der Waals surface area contributed by atoms with Crippen LogP contribution in [0.3, 0.4) is 0 Å². The van der Waals surface area contributed by atoms with Crippen LogP contribution in [0.25, 0.3) is 10.2 Å². The van der Waals surface area contributed by atoms with Gasteiger partial charge in [0.2, 0.25) is 0 Å². The predicted molar refractivity (Wildman–Crippen MR) is 84.4 cm³/mol. The summed E-state index contributed by atoms with van der Waals surface area (Å²) >= 11 is 5.19. The van der Waals surface area contributed by atoms with Crippen LogP contribution < -0.4 is 5.73 Å². The largest absolute Gasteiger partial charge is 0.324 e. The standard InChI is InChI=1S/C15H13BrN2S/c16-12-3-1-2-10(6-12)7-13(17)11-8-15-14(18-9-11)4-5-19-15/h1-6,8-9,13H,7,17H2. The fraction of sp³-hybridized carbons (Fsp3) is 0.133. The maximum Gasteiger partial charge on any atom is 0.0809 e. The van der Waals surface area contributed by atoms with Crippen molar-refractivity contribution in [3.63, 3.8) is 0 Å². The Bertz CT molecular complexity index is 708. The van der Waals surface area contributed by atoms with Gasteiger partial charge >= 0.3 is 0 Å². The molecule has 0 aliphatic heterocycles. The number of nitrogens with zero attached hydrogens (tertiary/aromatic N) is 1. The lowest BCUT2D eigenvalue weighted by molar-refractivity contribution is 0.720. The maximum atomic E-state index is 6.29. The third-order valence-electron chi connectivity index (χ3n) is 3.10. The smallest absolute Gasteiger partial charge is 0.0809 e. The second-order valence-electron chi connectivity index (χ2n) is 4.51. The van der Waals surface area contributed by atoms with Gasteiger partial charge in [0.05, 0.1) is 10.2 Å². The van der Waals surface area contributed by atoms with E-state index in [1.54, 1.807) is 11.3 Å². The van der Waals surface area contributed by atoms with Crippen molar-refractivity contribution in [3.05, 3.63) is 63.6 Å². The van der Waals surface area contributed by atoms with E-state index in [4.69, 9.17) is 5.73 Å². The molecule has 0 spiro atoms. The van der Waals surface area contributed by atoms with Crippen molar-refractivity contribution in [2.75, 3.05) is 0 Å². The molecule has 0 fully saturated rings. The lowest BCUT2D eigenvalue weighted by Gasteiger charge is -2.12. The van der Waals surface area contributed by atoms with Crippen LogP contribution in [-0.2, 0) is 6.42 Å². The van der Waals surface area contributed by atoms with Crippen LogP contribution in [0.1, 0.15) is 17.2 Å². The van der Waals surface area contributed by atoms with Crippen LogP contribution in [-0.4, -0.2) is 4.98 Å². The van der Waals surface area contributed by atoms with E-state index in [1.165, 1.54) is 10.3 Å². The predicted octanol–water partition coefficient (Wildman–Crippen LogP) is 4.30. The van der Waals surface area contributed by atoms with Crippen molar-refractivity contribution in [1.82, 2.24) is 4.98 Å². The van der Waals surface area contributed by atoms with Gasteiger partial charge in [0.25, 0.3) is 0 Å². The summed E-state index contributed by atoms with van der Waals surface area (Å²) in [5, 5.41) is 2.06. The monoisotopic (exact) mass is 332 g/mol. The zero-order valence-corrected chi connectivity index (χ0v) is 12.6. The third kappa shape index (κ3) is 2.86. The van der Waals surface area contributed by atoms with Crippen LogP contribution in [0.5, 0.6) is 0 Å². The molecule has 2 aromatic heterocycles. The van der Waals surface area contributed by atoms with Crippen molar-refractivity contribution in [2.24, 2.45) is 5.73 Å². The van der Waals surface area contributed by atoms with Gasteiger partial charge in [-0.1, -0.05) is 28.1 Å². The minimum Gasteiger partial charge on any atom is -0.324 e. The summed E-state index contributed by atoms with van der Waals surface area (Å²) in [7, 11) is 0. The molecule has 96 valence electrons. The topological polar surface area (TPSA) is 38.9 Å². The lowest BCUT2D eigenvalue weighted by atomic mass is 10.0. The molecule has 3 rings (SSSR count). The lowest BCUT2D eigenvalue weighted by Crippen LogP contribution is -2.13. The van der Waals surface area contributed by atoms with Gasteiger partial charge in [-0.05, 0) is 47.2 Å². The minimum atomic E-state index is -0.0201. The molecule has 3 aromatic rings. The van der Waals surface area contributed by atoms with E-state index in [0.29, 0.717) is 0 Å². The zero-order valence-electron chi connectivity index (χ0n) is 10.2. The molecule has 2 nitrogen and oxygen atoms in total. The minimum absolute atomic E-state index is 0.0201. The SMILES string of the molecule is NC(Cc1cccc(Br)c1)c1cnc2ccsc2c1. The molecule has 1 unspecified atom stereocenters. The summed E-state index contributed by atoms with van der Waals surface area (Å²) in [5.41, 5.74) is 9.65. The highest BCUT2D eigenvalue weighted by Crippen LogP contribution is 2.24. The second-order valence-corrected chi connectivity index (χ2v) is 6.38. The number of halogens is 1. The van der Waals surface area contributed by atoms with Gasteiger partial charge in [0.1, 0.15) is 0 Å². The number of pyridine rings is 1. The quantitative estimate of drug-likeness (QED) is 0.776. The van der Waals surface area contributed by atoms with E-state index in [9.17, 15) is 0 Å². The van der Waals surface area contributed by atoms with Crippen LogP contribution in [0.4, 0.5) is 0 Å². The molecule has 2 heterocycles. The molecule has 0 saturated carbocycles. The number of thiophene rings is 1. The Morgan fingerprint density at radius 2 is 2.16 bits per heavy atom. The normalized spacial score (nSPS) is 12.7. The van der Waals surface area contributed by atoms with Crippen molar-refractivity contribution in [3.8, 4) is 0 Å². The molecular weight excluding hydrogens is 320 g/mol. The van der Waals surface area contributed by atoms with Crippen LogP contribution in [0, 0.1) is 0 Å². The molecule has 0 aliphatic rings. The maximum absolute atomic E-state index is 6.29. The first-order chi connectivity index (χ1) is 9.22. The number of nitrogens with two attached hydrogens (primary N) is 1. The van der Waals surface area contributed by atoms with Crippen molar-refractivity contribution in [1.29, 1.82) is 0 Å². The molecule has 0 aliphatic carbocycles. The highest BCUT2D eigenvalue weighted by Gasteiger charge is 2.09. The van der Waals surface area contributed by atoms with Gasteiger partial charge in [-0.25, -0.2) is 0 Å². The van der Waals surface area contributed by atoms with Crippen molar-refractivity contribution < 1.29 is 0 Å². The zero-order chi connectivity index (χ0) is 13.2. The van der Waals surface area contributed by atoms with Gasteiger partial charge in [0.15, 0.2) is 0 Å². The van der Waals surface area contributed by atoms with Gasteiger partial charge < -0.3 is 5.73 Å². The van der Waals surface area contributed by atoms with Crippen LogP contribution >= 0.6 is 27.3 Å². The second kappa shape index (κ2) is 5.41. The molecular formula is C15H13BrN2S. The first-order valence-corrected chi connectivity index (χ1v) is 7.73. The first-order valence-electron chi connectivity index (χ1n) is 6.05. The van der Waals surface area contributed by atoms with Crippen LogP contribution in [0.2, 0.25) is 0 Å². The van der Waals surface area contributed by atoms with E-state index in [-0.39, 0.29) is 6.04 Å². The highest BCUT2D eigenvalue weighted by atomic mass is 79.9.